The minimum absolute atomic E-state index is 0.857. The van der Waals surface area contributed by atoms with Gasteiger partial charge < -0.3 is 10.2 Å². The zero-order chi connectivity index (χ0) is 12.4. The lowest BCUT2D eigenvalue weighted by Gasteiger charge is -2.29. The highest BCUT2D eigenvalue weighted by Gasteiger charge is 2.17. The highest BCUT2D eigenvalue weighted by Crippen LogP contribution is 2.30. The molecule has 3 heteroatoms. The van der Waals surface area contributed by atoms with E-state index < -0.39 is 0 Å². The van der Waals surface area contributed by atoms with Crippen molar-refractivity contribution >= 4 is 11.3 Å². The largest absolute Gasteiger partial charge is 0.312 e. The van der Waals surface area contributed by atoms with E-state index in [0.29, 0.717) is 0 Å². The maximum atomic E-state index is 3.66. The summed E-state index contributed by atoms with van der Waals surface area (Å²) in [6.07, 6.45) is 6.80. The molecule has 0 saturated carbocycles. The molecule has 3 rings (SSSR count). The first-order chi connectivity index (χ1) is 8.81. The van der Waals surface area contributed by atoms with E-state index in [9.17, 15) is 0 Å². The van der Waals surface area contributed by atoms with Crippen LogP contribution in [0.25, 0.3) is 0 Å². The van der Waals surface area contributed by atoms with Gasteiger partial charge >= 0.3 is 0 Å². The van der Waals surface area contributed by atoms with Crippen molar-refractivity contribution < 1.29 is 0 Å². The second kappa shape index (κ2) is 5.72. The van der Waals surface area contributed by atoms with E-state index >= 15 is 0 Å². The quantitative estimate of drug-likeness (QED) is 0.899. The van der Waals surface area contributed by atoms with Gasteiger partial charge in [-0.15, -0.1) is 11.3 Å². The second-order valence-electron chi connectivity index (χ2n) is 5.92. The molecule has 1 atom stereocenters. The Bertz CT molecular complexity index is 378. The van der Waals surface area contributed by atoms with Crippen LogP contribution in [0, 0.1) is 5.92 Å². The van der Waals surface area contributed by atoms with Gasteiger partial charge in [0.05, 0.1) is 0 Å². The van der Waals surface area contributed by atoms with Gasteiger partial charge in [-0.05, 0) is 69.8 Å². The SMILES string of the molecule is CN1CCCC(CNCc2cc3c(s2)CCC3)C1. The van der Waals surface area contributed by atoms with Gasteiger partial charge in [0.15, 0.2) is 0 Å². The van der Waals surface area contributed by atoms with Gasteiger partial charge in [-0.25, -0.2) is 0 Å². The Hall–Kier alpha value is -0.380. The zero-order valence-electron chi connectivity index (χ0n) is 11.4. The van der Waals surface area contributed by atoms with E-state index in [1.807, 2.05) is 11.3 Å². The lowest BCUT2D eigenvalue weighted by Crippen LogP contribution is -2.37. The summed E-state index contributed by atoms with van der Waals surface area (Å²) in [7, 11) is 2.25. The average Bonchev–Trinajstić information content (AvgIpc) is 2.89. The molecule has 0 aromatic carbocycles. The van der Waals surface area contributed by atoms with Gasteiger partial charge in [-0.3, -0.25) is 0 Å². The molecule has 1 unspecified atom stereocenters. The molecule has 0 spiro atoms. The number of nitrogens with zero attached hydrogens (tertiary/aromatic N) is 1. The molecule has 1 aliphatic carbocycles. The lowest BCUT2D eigenvalue weighted by molar-refractivity contribution is 0.206. The maximum absolute atomic E-state index is 3.66. The minimum atomic E-state index is 0.857. The van der Waals surface area contributed by atoms with E-state index in [-0.39, 0.29) is 0 Å². The van der Waals surface area contributed by atoms with Crippen molar-refractivity contribution in [1.82, 2.24) is 10.2 Å². The third-order valence-corrected chi connectivity index (χ3v) is 5.49. The molecule has 2 heterocycles. The molecule has 1 saturated heterocycles. The van der Waals surface area contributed by atoms with E-state index in [4.69, 9.17) is 0 Å². The molecule has 1 aromatic heterocycles. The number of piperidine rings is 1. The van der Waals surface area contributed by atoms with Crippen LogP contribution in [-0.4, -0.2) is 31.6 Å². The second-order valence-corrected chi connectivity index (χ2v) is 7.14. The van der Waals surface area contributed by atoms with E-state index in [2.05, 4.69) is 23.3 Å². The van der Waals surface area contributed by atoms with Gasteiger partial charge in [0, 0.05) is 22.8 Å². The number of nitrogens with one attached hydrogen (secondary N) is 1. The van der Waals surface area contributed by atoms with Gasteiger partial charge in [-0.2, -0.15) is 0 Å². The van der Waals surface area contributed by atoms with Crippen molar-refractivity contribution in [2.24, 2.45) is 5.92 Å². The van der Waals surface area contributed by atoms with Crippen molar-refractivity contribution in [1.29, 1.82) is 0 Å². The number of rotatable bonds is 4. The molecule has 2 aliphatic rings. The molecular formula is C15H24N2S. The molecule has 1 aliphatic heterocycles. The Kier molecular flexibility index (Phi) is 4.02. The molecule has 2 nitrogen and oxygen atoms in total. The number of hydrogen-bond donors (Lipinski definition) is 1. The Balaban J connectivity index is 1.43. The molecular weight excluding hydrogens is 240 g/mol. The summed E-state index contributed by atoms with van der Waals surface area (Å²) < 4.78 is 0. The van der Waals surface area contributed by atoms with Crippen molar-refractivity contribution in [3.8, 4) is 0 Å². The first-order valence-corrected chi connectivity index (χ1v) is 8.12. The predicted octanol–water partition coefficient (Wildman–Crippen LogP) is 2.67. The van der Waals surface area contributed by atoms with Crippen LogP contribution in [0.3, 0.4) is 0 Å². The maximum Gasteiger partial charge on any atom is 0.0300 e. The number of aryl methyl sites for hydroxylation is 2. The van der Waals surface area contributed by atoms with Crippen LogP contribution in [0.5, 0.6) is 0 Å². The molecule has 0 bridgehead atoms. The molecule has 1 aromatic rings. The minimum Gasteiger partial charge on any atom is -0.312 e. The third-order valence-electron chi connectivity index (χ3n) is 4.25. The van der Waals surface area contributed by atoms with Crippen LogP contribution in [-0.2, 0) is 19.4 Å². The van der Waals surface area contributed by atoms with Gasteiger partial charge in [0.1, 0.15) is 0 Å². The van der Waals surface area contributed by atoms with Crippen LogP contribution in [0.2, 0.25) is 0 Å². The fraction of sp³-hybridized carbons (Fsp3) is 0.733. The van der Waals surface area contributed by atoms with E-state index in [1.54, 1.807) is 15.3 Å². The van der Waals surface area contributed by atoms with Crippen molar-refractivity contribution in [3.63, 3.8) is 0 Å². The van der Waals surface area contributed by atoms with Crippen LogP contribution in [0.1, 0.15) is 34.6 Å². The summed E-state index contributed by atoms with van der Waals surface area (Å²) in [4.78, 5) is 5.67. The first kappa shape index (κ1) is 12.6. The van der Waals surface area contributed by atoms with Gasteiger partial charge in [-0.1, -0.05) is 0 Å². The topological polar surface area (TPSA) is 15.3 Å². The Morgan fingerprint density at radius 1 is 1.39 bits per heavy atom. The van der Waals surface area contributed by atoms with Crippen molar-refractivity contribution in [3.05, 3.63) is 21.4 Å². The predicted molar refractivity (Wildman–Crippen MR) is 78.3 cm³/mol. The number of fused-ring (bicyclic) bond motifs is 1. The average molecular weight is 264 g/mol. The lowest BCUT2D eigenvalue weighted by atomic mass is 9.98. The first-order valence-electron chi connectivity index (χ1n) is 7.31. The fourth-order valence-electron chi connectivity index (χ4n) is 3.32. The highest BCUT2D eigenvalue weighted by atomic mass is 32.1. The standard InChI is InChI=1S/C15H24N2S/c1-17-7-3-4-12(11-17)9-16-10-14-8-13-5-2-6-15(13)18-14/h8,12,16H,2-7,9-11H2,1H3. The Morgan fingerprint density at radius 3 is 3.17 bits per heavy atom. The molecule has 18 heavy (non-hydrogen) atoms. The smallest absolute Gasteiger partial charge is 0.0300 e. The van der Waals surface area contributed by atoms with Crippen LogP contribution in [0.15, 0.2) is 6.07 Å². The number of thiophene rings is 1. The summed E-state index contributed by atoms with van der Waals surface area (Å²) >= 11 is 2.04. The van der Waals surface area contributed by atoms with Crippen molar-refractivity contribution in [2.75, 3.05) is 26.7 Å². The summed E-state index contributed by atoms with van der Waals surface area (Å²) in [6, 6.07) is 2.44. The van der Waals surface area contributed by atoms with Crippen molar-refractivity contribution in [2.45, 2.75) is 38.6 Å². The van der Waals surface area contributed by atoms with Gasteiger partial charge in [0.2, 0.25) is 0 Å². The Labute approximate surface area is 114 Å². The number of hydrogen-bond acceptors (Lipinski definition) is 3. The van der Waals surface area contributed by atoms with E-state index in [1.165, 1.54) is 51.7 Å². The molecule has 100 valence electrons. The molecule has 1 N–H and O–H groups in total. The van der Waals surface area contributed by atoms with Crippen LogP contribution in [0.4, 0.5) is 0 Å². The monoisotopic (exact) mass is 264 g/mol. The fourth-order valence-corrected chi connectivity index (χ4v) is 4.55. The normalized spacial score (nSPS) is 24.4. The molecule has 0 radical (unpaired) electrons. The van der Waals surface area contributed by atoms with E-state index in [0.717, 1.165) is 12.5 Å². The summed E-state index contributed by atoms with van der Waals surface area (Å²) in [5, 5.41) is 3.66. The summed E-state index contributed by atoms with van der Waals surface area (Å²) in [5.74, 6) is 0.857. The Morgan fingerprint density at radius 2 is 2.33 bits per heavy atom. The zero-order valence-corrected chi connectivity index (χ0v) is 12.2. The van der Waals surface area contributed by atoms with Crippen LogP contribution >= 0.6 is 11.3 Å². The number of likely N-dealkylation sites (tertiary alicyclic amines) is 1. The summed E-state index contributed by atoms with van der Waals surface area (Å²) in [5.41, 5.74) is 1.63. The highest BCUT2D eigenvalue weighted by molar-refractivity contribution is 7.12. The molecule has 1 fully saturated rings. The third kappa shape index (κ3) is 2.95. The summed E-state index contributed by atoms with van der Waals surface area (Å²) in [6.45, 7) is 4.83. The van der Waals surface area contributed by atoms with Crippen LogP contribution < -0.4 is 5.32 Å². The molecule has 0 amide bonds. The van der Waals surface area contributed by atoms with Gasteiger partial charge in [0.25, 0.3) is 0 Å².